The molecule has 0 saturated carbocycles. The van der Waals surface area contributed by atoms with Crippen LogP contribution in [0.5, 0.6) is 0 Å². The Balaban J connectivity index is 1.47. The second-order valence-corrected chi connectivity index (χ2v) is 6.23. The van der Waals surface area contributed by atoms with Crippen LogP contribution in [-0.2, 0) is 11.2 Å². The van der Waals surface area contributed by atoms with Crippen molar-refractivity contribution in [3.63, 3.8) is 0 Å². The highest BCUT2D eigenvalue weighted by atomic mass is 19.1. The second-order valence-electron chi connectivity index (χ2n) is 6.23. The summed E-state index contributed by atoms with van der Waals surface area (Å²) in [5, 5.41) is 3.99. The lowest BCUT2D eigenvalue weighted by atomic mass is 10.1. The first-order valence-electron chi connectivity index (χ1n) is 8.21. The molecule has 0 aliphatic carbocycles. The molecule has 26 heavy (non-hydrogen) atoms. The van der Waals surface area contributed by atoms with Crippen molar-refractivity contribution in [2.75, 3.05) is 11.4 Å². The molecule has 0 radical (unpaired) electrons. The Kier molecular flexibility index (Phi) is 4.20. The van der Waals surface area contributed by atoms with E-state index in [0.29, 0.717) is 30.4 Å². The molecule has 1 amide bonds. The fourth-order valence-corrected chi connectivity index (χ4v) is 3.03. The number of anilines is 1. The number of hydrogen-bond acceptors (Lipinski definition) is 4. The summed E-state index contributed by atoms with van der Waals surface area (Å²) < 4.78 is 31.3. The van der Waals surface area contributed by atoms with E-state index >= 15 is 0 Å². The van der Waals surface area contributed by atoms with Gasteiger partial charge in [0, 0.05) is 24.6 Å². The number of carbonyl (C=O) groups excluding carboxylic acids is 1. The highest BCUT2D eigenvalue weighted by Gasteiger charge is 2.34. The molecule has 1 aliphatic rings. The van der Waals surface area contributed by atoms with E-state index in [1.54, 1.807) is 29.2 Å². The van der Waals surface area contributed by atoms with Crippen LogP contribution in [0.2, 0.25) is 0 Å². The molecule has 2 aromatic carbocycles. The van der Waals surface area contributed by atoms with Crippen molar-refractivity contribution < 1.29 is 18.1 Å². The molecule has 5 nitrogen and oxygen atoms in total. The molecular formula is C19H15F2N3O2. The Morgan fingerprint density at radius 1 is 1.04 bits per heavy atom. The second kappa shape index (κ2) is 6.67. The van der Waals surface area contributed by atoms with Crippen molar-refractivity contribution in [1.29, 1.82) is 0 Å². The fraction of sp³-hybridized carbons (Fsp3) is 0.211. The minimum Gasteiger partial charge on any atom is -0.339 e. The maximum Gasteiger partial charge on any atom is 0.231 e. The predicted molar refractivity (Wildman–Crippen MR) is 89.6 cm³/mol. The van der Waals surface area contributed by atoms with E-state index in [-0.39, 0.29) is 29.9 Å². The van der Waals surface area contributed by atoms with E-state index in [2.05, 4.69) is 10.1 Å². The van der Waals surface area contributed by atoms with E-state index < -0.39 is 0 Å². The number of amides is 1. The average Bonchev–Trinajstić information content (AvgIpc) is 3.24. The van der Waals surface area contributed by atoms with E-state index in [9.17, 15) is 13.6 Å². The van der Waals surface area contributed by atoms with Gasteiger partial charge in [0.05, 0.1) is 6.42 Å². The third-order valence-electron chi connectivity index (χ3n) is 4.38. The van der Waals surface area contributed by atoms with Crippen LogP contribution in [-0.4, -0.2) is 22.6 Å². The molecule has 132 valence electrons. The Bertz CT molecular complexity index is 923. The number of carbonyl (C=O) groups is 1. The minimum absolute atomic E-state index is 0.0634. The van der Waals surface area contributed by atoms with Crippen molar-refractivity contribution >= 4 is 11.6 Å². The van der Waals surface area contributed by atoms with Crippen molar-refractivity contribution in [2.45, 2.75) is 18.8 Å². The van der Waals surface area contributed by atoms with E-state index in [4.69, 9.17) is 4.52 Å². The van der Waals surface area contributed by atoms with Crippen molar-refractivity contribution in [3.8, 4) is 0 Å². The molecule has 1 unspecified atom stereocenters. The van der Waals surface area contributed by atoms with Crippen molar-refractivity contribution in [1.82, 2.24) is 10.1 Å². The van der Waals surface area contributed by atoms with Gasteiger partial charge in [-0.2, -0.15) is 4.98 Å². The lowest BCUT2D eigenvalue weighted by molar-refractivity contribution is -0.117. The SMILES string of the molecule is O=C1CC(c2noc(Cc3ccc(F)cc3)n2)CN1c1ccc(F)cc1. The smallest absolute Gasteiger partial charge is 0.231 e. The van der Waals surface area contributed by atoms with E-state index in [1.165, 1.54) is 24.3 Å². The van der Waals surface area contributed by atoms with Gasteiger partial charge in [-0.25, -0.2) is 8.78 Å². The van der Waals surface area contributed by atoms with Gasteiger partial charge in [-0.15, -0.1) is 0 Å². The summed E-state index contributed by atoms with van der Waals surface area (Å²) in [5.41, 5.74) is 1.51. The van der Waals surface area contributed by atoms with Crippen molar-refractivity contribution in [2.24, 2.45) is 0 Å². The molecule has 1 fully saturated rings. The van der Waals surface area contributed by atoms with Gasteiger partial charge < -0.3 is 9.42 Å². The summed E-state index contributed by atoms with van der Waals surface area (Å²) in [7, 11) is 0. The van der Waals surface area contributed by atoms with Gasteiger partial charge in [-0.1, -0.05) is 17.3 Å². The zero-order chi connectivity index (χ0) is 18.1. The summed E-state index contributed by atoms with van der Waals surface area (Å²) in [4.78, 5) is 18.3. The van der Waals surface area contributed by atoms with Crippen LogP contribution < -0.4 is 4.90 Å². The van der Waals surface area contributed by atoms with Crippen LogP contribution in [0, 0.1) is 11.6 Å². The molecule has 2 heterocycles. The molecule has 1 atom stereocenters. The van der Waals surface area contributed by atoms with Gasteiger partial charge in [0.2, 0.25) is 11.8 Å². The molecule has 0 spiro atoms. The van der Waals surface area contributed by atoms with E-state index in [1.807, 2.05) is 0 Å². The molecule has 0 N–H and O–H groups in total. The average molecular weight is 355 g/mol. The largest absolute Gasteiger partial charge is 0.339 e. The number of aromatic nitrogens is 2. The first-order valence-corrected chi connectivity index (χ1v) is 8.21. The highest BCUT2D eigenvalue weighted by Crippen LogP contribution is 2.30. The van der Waals surface area contributed by atoms with Gasteiger partial charge in [0.1, 0.15) is 11.6 Å². The molecule has 1 aromatic heterocycles. The monoisotopic (exact) mass is 355 g/mol. The summed E-state index contributed by atoms with van der Waals surface area (Å²) >= 11 is 0. The zero-order valence-electron chi connectivity index (χ0n) is 13.7. The minimum atomic E-state index is -0.347. The van der Waals surface area contributed by atoms with Crippen LogP contribution >= 0.6 is 0 Å². The van der Waals surface area contributed by atoms with Gasteiger partial charge in [-0.05, 0) is 42.0 Å². The third kappa shape index (κ3) is 3.33. The Morgan fingerprint density at radius 3 is 2.38 bits per heavy atom. The normalized spacial score (nSPS) is 17.1. The maximum atomic E-state index is 13.1. The van der Waals surface area contributed by atoms with Crippen LogP contribution in [0.3, 0.4) is 0 Å². The number of rotatable bonds is 4. The van der Waals surface area contributed by atoms with Crippen LogP contribution in [0.1, 0.15) is 29.6 Å². The topological polar surface area (TPSA) is 59.2 Å². The standard InChI is InChI=1S/C19H15F2N3O2/c20-14-3-1-12(2-4-14)9-17-22-19(23-26-17)13-10-18(25)24(11-13)16-7-5-15(21)6-8-16/h1-8,13H,9-11H2. The Morgan fingerprint density at radius 2 is 1.69 bits per heavy atom. The molecule has 0 bridgehead atoms. The molecule has 4 rings (SSSR count). The van der Waals surface area contributed by atoms with Crippen LogP contribution in [0.15, 0.2) is 53.1 Å². The van der Waals surface area contributed by atoms with Gasteiger partial charge in [0.25, 0.3) is 0 Å². The van der Waals surface area contributed by atoms with Crippen LogP contribution in [0.4, 0.5) is 14.5 Å². The molecule has 1 saturated heterocycles. The molecule has 1 aliphatic heterocycles. The number of halogens is 2. The quantitative estimate of drug-likeness (QED) is 0.719. The summed E-state index contributed by atoms with van der Waals surface area (Å²) in [5.74, 6) is -0.00463. The first kappa shape index (κ1) is 16.4. The zero-order valence-corrected chi connectivity index (χ0v) is 13.7. The first-order chi connectivity index (χ1) is 12.6. The van der Waals surface area contributed by atoms with Gasteiger partial charge >= 0.3 is 0 Å². The summed E-state index contributed by atoms with van der Waals surface area (Å²) in [6.07, 6.45) is 0.669. The molecular weight excluding hydrogens is 340 g/mol. The Hall–Kier alpha value is -3.09. The Labute approximate surface area is 148 Å². The lowest BCUT2D eigenvalue weighted by Gasteiger charge is -2.15. The summed E-state index contributed by atoms with van der Waals surface area (Å²) in [6.45, 7) is 0.417. The summed E-state index contributed by atoms with van der Waals surface area (Å²) in [6, 6.07) is 11.9. The number of hydrogen-bond donors (Lipinski definition) is 0. The molecule has 3 aromatic rings. The number of nitrogens with zero attached hydrogens (tertiary/aromatic N) is 3. The highest BCUT2D eigenvalue weighted by molar-refractivity contribution is 5.96. The third-order valence-corrected chi connectivity index (χ3v) is 4.38. The number of benzene rings is 2. The maximum absolute atomic E-state index is 13.1. The fourth-order valence-electron chi connectivity index (χ4n) is 3.03. The van der Waals surface area contributed by atoms with Crippen molar-refractivity contribution in [3.05, 3.63) is 77.4 Å². The predicted octanol–water partition coefficient (Wildman–Crippen LogP) is 3.46. The van der Waals surface area contributed by atoms with E-state index in [0.717, 1.165) is 5.56 Å². The van der Waals surface area contributed by atoms with Crippen LogP contribution in [0.25, 0.3) is 0 Å². The van der Waals surface area contributed by atoms with Gasteiger partial charge in [0.15, 0.2) is 5.82 Å². The molecule has 7 heteroatoms. The van der Waals surface area contributed by atoms with Gasteiger partial charge in [-0.3, -0.25) is 4.79 Å². The lowest BCUT2D eigenvalue weighted by Crippen LogP contribution is -2.24.